The van der Waals surface area contributed by atoms with Crippen LogP contribution in [0.4, 0.5) is 11.4 Å². The Bertz CT molecular complexity index is 3050. The Balaban J connectivity index is 0.982. The van der Waals surface area contributed by atoms with Gasteiger partial charge in [-0.05, 0) is 152 Å². The lowest BCUT2D eigenvalue weighted by atomic mass is 9.87. The van der Waals surface area contributed by atoms with Gasteiger partial charge in [-0.2, -0.15) is 0 Å². The molecule has 0 amide bonds. The van der Waals surface area contributed by atoms with Gasteiger partial charge in [-0.3, -0.25) is 0 Å². The van der Waals surface area contributed by atoms with E-state index in [0.29, 0.717) is 5.92 Å². The number of allylic oxidation sites excluding steroid dienone is 14. The third-order valence-electron chi connectivity index (χ3n) is 13.0. The Kier molecular flexibility index (Phi) is 11.7. The van der Waals surface area contributed by atoms with Gasteiger partial charge in [-0.1, -0.05) is 207 Å². The van der Waals surface area contributed by atoms with Gasteiger partial charge in [0.2, 0.25) is 0 Å². The van der Waals surface area contributed by atoms with Gasteiger partial charge in [-0.15, -0.1) is 0 Å². The van der Waals surface area contributed by atoms with E-state index in [9.17, 15) is 0 Å². The summed E-state index contributed by atoms with van der Waals surface area (Å²) < 4.78 is 0. The van der Waals surface area contributed by atoms with E-state index in [1.165, 1.54) is 94.5 Å². The highest BCUT2D eigenvalue weighted by Gasteiger charge is 2.22. The van der Waals surface area contributed by atoms with Gasteiger partial charge in [0, 0.05) is 11.4 Å². The van der Waals surface area contributed by atoms with Crippen LogP contribution in [0.15, 0.2) is 242 Å². The van der Waals surface area contributed by atoms with Crippen LogP contribution >= 0.6 is 0 Å². The first-order valence-electron chi connectivity index (χ1n) is 22.8. The second-order valence-electron chi connectivity index (χ2n) is 17.1. The van der Waals surface area contributed by atoms with E-state index in [4.69, 9.17) is 0 Å². The third kappa shape index (κ3) is 8.50. The van der Waals surface area contributed by atoms with Crippen molar-refractivity contribution < 1.29 is 0 Å². The molecule has 0 aromatic heterocycles. The van der Waals surface area contributed by atoms with Crippen molar-refractivity contribution >= 4 is 38.9 Å². The maximum atomic E-state index is 2.51. The van der Waals surface area contributed by atoms with Crippen molar-refractivity contribution in [3.05, 3.63) is 259 Å². The molecule has 10 rings (SSSR count). The number of hydrogen-bond acceptors (Lipinski definition) is 1. The van der Waals surface area contributed by atoms with E-state index in [0.717, 1.165) is 19.3 Å². The summed E-state index contributed by atoms with van der Waals surface area (Å²) in [4.78, 5) is 2.51. The minimum absolute atomic E-state index is 0.133. The van der Waals surface area contributed by atoms with Crippen molar-refractivity contribution in [3.63, 3.8) is 0 Å². The van der Waals surface area contributed by atoms with Gasteiger partial charge in [0.1, 0.15) is 0 Å². The summed E-state index contributed by atoms with van der Waals surface area (Å²) in [7, 11) is 0. The van der Waals surface area contributed by atoms with Crippen molar-refractivity contribution in [2.75, 3.05) is 4.90 Å². The molecular formula is C63H53N. The van der Waals surface area contributed by atoms with E-state index in [-0.39, 0.29) is 6.04 Å². The molecule has 0 fully saturated rings. The molecule has 0 heterocycles. The predicted molar refractivity (Wildman–Crippen MR) is 276 cm³/mol. The summed E-state index contributed by atoms with van der Waals surface area (Å²) in [5.41, 5.74) is 18.8. The zero-order valence-corrected chi connectivity index (χ0v) is 36.7. The molecule has 0 saturated carbocycles. The molecule has 7 aromatic carbocycles. The monoisotopic (exact) mass is 823 g/mol. The Labute approximate surface area is 379 Å². The molecule has 0 aliphatic heterocycles. The van der Waals surface area contributed by atoms with E-state index >= 15 is 0 Å². The van der Waals surface area contributed by atoms with Gasteiger partial charge < -0.3 is 4.90 Å². The molecule has 2 atom stereocenters. The maximum absolute atomic E-state index is 2.51. The van der Waals surface area contributed by atoms with E-state index in [2.05, 4.69) is 255 Å². The number of fused-ring (bicyclic) bond motifs is 1. The van der Waals surface area contributed by atoms with Crippen LogP contribution in [-0.4, -0.2) is 6.04 Å². The molecule has 3 aliphatic rings. The number of rotatable bonds is 10. The molecule has 0 N–H and O–H groups in total. The molecule has 0 radical (unpaired) electrons. The fraction of sp³-hybridized carbons (Fsp3) is 0.111. The predicted octanol–water partition coefficient (Wildman–Crippen LogP) is 17.2. The molecule has 3 aliphatic carbocycles. The fourth-order valence-electron chi connectivity index (χ4n) is 9.58. The average molecular weight is 824 g/mol. The summed E-state index contributed by atoms with van der Waals surface area (Å²) in [6.45, 7) is 4.37. The second-order valence-corrected chi connectivity index (χ2v) is 17.1. The Morgan fingerprint density at radius 1 is 0.562 bits per heavy atom. The maximum Gasteiger partial charge on any atom is 0.0560 e. The van der Waals surface area contributed by atoms with Crippen molar-refractivity contribution in [2.24, 2.45) is 5.92 Å². The van der Waals surface area contributed by atoms with Crippen molar-refractivity contribution in [1.82, 2.24) is 0 Å². The summed E-state index contributed by atoms with van der Waals surface area (Å²) in [6.07, 6.45) is 30.1. The van der Waals surface area contributed by atoms with Crippen LogP contribution in [0.1, 0.15) is 49.8 Å². The van der Waals surface area contributed by atoms with Crippen molar-refractivity contribution in [1.29, 1.82) is 0 Å². The highest BCUT2D eigenvalue weighted by molar-refractivity contribution is 5.89. The molecular weight excluding hydrogens is 771 g/mol. The minimum Gasteiger partial charge on any atom is -0.334 e. The van der Waals surface area contributed by atoms with Crippen LogP contribution in [0.25, 0.3) is 60.9 Å². The molecule has 0 spiro atoms. The summed E-state index contributed by atoms with van der Waals surface area (Å²) in [5, 5.41) is 2.52. The van der Waals surface area contributed by atoms with Crippen LogP contribution in [-0.2, 0) is 0 Å². The molecule has 310 valence electrons. The van der Waals surface area contributed by atoms with Gasteiger partial charge in [0.25, 0.3) is 0 Å². The first-order valence-corrected chi connectivity index (χ1v) is 22.8. The Morgan fingerprint density at radius 3 is 1.95 bits per heavy atom. The van der Waals surface area contributed by atoms with Crippen molar-refractivity contribution in [2.45, 2.75) is 39.2 Å². The van der Waals surface area contributed by atoms with Crippen LogP contribution in [0.3, 0.4) is 0 Å². The van der Waals surface area contributed by atoms with E-state index in [1.807, 2.05) is 0 Å². The van der Waals surface area contributed by atoms with Gasteiger partial charge in [0.05, 0.1) is 6.04 Å². The standard InChI is InChI=1S/C63H53N/c1-3-14-61(60-22-13-10-15-45(60)2)52-26-23-48(24-27-52)49-29-36-57(37-30-49)64(58-38-31-50(32-39-58)55-28-25-47-18-11-12-21-54(47)43-55)59-40-33-53(34-41-59)63-44-56(46-16-6-4-7-17-46)35-42-62(63)51-19-8-5-9-20-51/h3-6,8-16,18-36,38-45,57H,7,17,37H2,1-2H3/b14-3-,61-60+. The number of anilines is 2. The fourth-order valence-corrected chi connectivity index (χ4v) is 9.58. The Morgan fingerprint density at radius 2 is 1.25 bits per heavy atom. The Hall–Kier alpha value is -7.48. The summed E-state index contributed by atoms with van der Waals surface area (Å²) >= 11 is 0. The van der Waals surface area contributed by atoms with Gasteiger partial charge >= 0.3 is 0 Å². The van der Waals surface area contributed by atoms with Crippen LogP contribution in [0.2, 0.25) is 0 Å². The second kappa shape index (κ2) is 18.5. The SMILES string of the molecule is C/C=C\C(=C1\C=CC=CC1C)c1ccc(C2=CCC(N(c3ccc(-c4ccc5ccccc5c4)cc3)c3ccc(-c4cc(C5=CC=CCC5)ccc4-c4ccccc4)cc3)C=C2)cc1. The van der Waals surface area contributed by atoms with Crippen LogP contribution < -0.4 is 4.90 Å². The lowest BCUT2D eigenvalue weighted by Gasteiger charge is -2.33. The molecule has 2 unspecified atom stereocenters. The largest absolute Gasteiger partial charge is 0.334 e. The zero-order valence-electron chi connectivity index (χ0n) is 36.7. The molecule has 7 aromatic rings. The van der Waals surface area contributed by atoms with Crippen molar-refractivity contribution in [3.8, 4) is 33.4 Å². The number of nitrogens with zero attached hydrogens (tertiary/aromatic N) is 1. The highest BCUT2D eigenvalue weighted by atomic mass is 15.2. The summed E-state index contributed by atoms with van der Waals surface area (Å²) in [6, 6.07) is 60.8. The van der Waals surface area contributed by atoms with E-state index < -0.39 is 0 Å². The topological polar surface area (TPSA) is 3.24 Å². The highest BCUT2D eigenvalue weighted by Crippen LogP contribution is 2.40. The quantitative estimate of drug-likeness (QED) is 0.133. The minimum atomic E-state index is 0.133. The normalized spacial score (nSPS) is 17.7. The van der Waals surface area contributed by atoms with Crippen LogP contribution in [0.5, 0.6) is 0 Å². The number of hydrogen-bond donors (Lipinski definition) is 0. The molecule has 1 heteroatoms. The van der Waals surface area contributed by atoms with E-state index in [1.54, 1.807) is 0 Å². The van der Waals surface area contributed by atoms with Gasteiger partial charge in [0.15, 0.2) is 0 Å². The lowest BCUT2D eigenvalue weighted by molar-refractivity contribution is 0.787. The first-order chi connectivity index (χ1) is 31.6. The van der Waals surface area contributed by atoms with Crippen LogP contribution in [0, 0.1) is 5.92 Å². The zero-order chi connectivity index (χ0) is 43.2. The molecule has 0 bridgehead atoms. The first kappa shape index (κ1) is 40.6. The summed E-state index contributed by atoms with van der Waals surface area (Å²) in [5.74, 6) is 0.380. The third-order valence-corrected chi connectivity index (χ3v) is 13.0. The number of benzene rings is 7. The molecule has 64 heavy (non-hydrogen) atoms. The lowest BCUT2D eigenvalue weighted by Crippen LogP contribution is -2.30. The molecule has 1 nitrogen and oxygen atoms in total. The average Bonchev–Trinajstić information content (AvgIpc) is 3.37. The molecule has 0 saturated heterocycles. The smallest absolute Gasteiger partial charge is 0.0560 e. The van der Waals surface area contributed by atoms with Gasteiger partial charge in [-0.25, -0.2) is 0 Å².